The Morgan fingerprint density at radius 3 is 1.67 bits per heavy atom. The second-order valence-electron chi connectivity index (χ2n) is 1.85. The van der Waals surface area contributed by atoms with Crippen LogP contribution in [-0.4, -0.2) is 14.9 Å². The number of hydrogen-bond acceptors (Lipinski definition) is 2. The van der Waals surface area contributed by atoms with Gasteiger partial charge in [-0.2, -0.15) is 0 Å². The van der Waals surface area contributed by atoms with Crippen molar-refractivity contribution in [2.24, 2.45) is 0 Å². The number of thiol groups is 1. The van der Waals surface area contributed by atoms with Crippen molar-refractivity contribution in [3.63, 3.8) is 0 Å². The highest BCUT2D eigenvalue weighted by molar-refractivity contribution is 8.59. The molecule has 3 nitrogen and oxygen atoms in total. The normalized spacial score (nSPS) is 9.92. The van der Waals surface area contributed by atoms with Gasteiger partial charge in [0, 0.05) is 0 Å². The molecule has 0 aliphatic carbocycles. The molecule has 0 saturated carbocycles. The van der Waals surface area contributed by atoms with E-state index in [9.17, 15) is 0 Å². The van der Waals surface area contributed by atoms with Crippen molar-refractivity contribution in [3.05, 3.63) is 30.3 Å². The highest BCUT2D eigenvalue weighted by atomic mass is 32.9. The smallest absolute Gasteiger partial charge is 0.239 e. The number of phenolic OH excluding ortho intramolecular Hbond substituents is 1. The second-order valence-corrected chi connectivity index (χ2v) is 6.89. The van der Waals surface area contributed by atoms with Crippen LogP contribution >= 0.6 is 17.9 Å². The minimum absolute atomic E-state index is 0.322. The standard InChI is InChI=1S/C6H6O.H3O2PS2/c7-6-4-2-1-3-5-6;1-3(2,4)5/h1-5,7H;(H3,1,2,4,5). The topological polar surface area (TPSA) is 60.7 Å². The van der Waals surface area contributed by atoms with Gasteiger partial charge in [-0.3, -0.25) is 0 Å². The van der Waals surface area contributed by atoms with E-state index in [0.29, 0.717) is 5.75 Å². The average molecular weight is 224 g/mol. The first kappa shape index (κ1) is 11.9. The van der Waals surface area contributed by atoms with Crippen LogP contribution in [0.1, 0.15) is 0 Å². The molecule has 0 fully saturated rings. The Labute approximate surface area is 81.0 Å². The van der Waals surface area contributed by atoms with Crippen molar-refractivity contribution in [2.45, 2.75) is 0 Å². The fourth-order valence-corrected chi connectivity index (χ4v) is 0.428. The molecule has 0 spiro atoms. The Bertz CT molecular complexity index is 250. The summed E-state index contributed by atoms with van der Waals surface area (Å²) in [7, 11) is 0. The van der Waals surface area contributed by atoms with Gasteiger partial charge in [0.2, 0.25) is 5.69 Å². The SMILES string of the molecule is OP(O)(=S)S.Oc1ccccc1. The van der Waals surface area contributed by atoms with Crippen LogP contribution in [0, 0.1) is 0 Å². The van der Waals surface area contributed by atoms with Crippen LogP contribution < -0.4 is 0 Å². The average Bonchev–Trinajstić information content (AvgIpc) is 1.85. The molecule has 12 heavy (non-hydrogen) atoms. The van der Waals surface area contributed by atoms with Gasteiger partial charge < -0.3 is 14.9 Å². The van der Waals surface area contributed by atoms with E-state index in [1.165, 1.54) is 0 Å². The summed E-state index contributed by atoms with van der Waals surface area (Å²) in [6.07, 6.45) is 0. The third-order valence-electron chi connectivity index (χ3n) is 0.756. The van der Waals surface area contributed by atoms with E-state index in [0.717, 1.165) is 0 Å². The zero-order valence-electron chi connectivity index (χ0n) is 6.03. The summed E-state index contributed by atoms with van der Waals surface area (Å²) in [4.78, 5) is 15.7. The lowest BCUT2D eigenvalue weighted by atomic mass is 10.3. The van der Waals surface area contributed by atoms with Gasteiger partial charge in [0.25, 0.3) is 0 Å². The van der Waals surface area contributed by atoms with E-state index in [4.69, 9.17) is 14.9 Å². The molecular weight excluding hydrogens is 215 g/mol. The molecule has 0 bridgehead atoms. The summed E-state index contributed by atoms with van der Waals surface area (Å²) < 4.78 is 0. The van der Waals surface area contributed by atoms with Crippen molar-refractivity contribution in [2.75, 3.05) is 0 Å². The third kappa shape index (κ3) is 12.6. The predicted molar refractivity (Wildman–Crippen MR) is 55.8 cm³/mol. The van der Waals surface area contributed by atoms with Gasteiger partial charge in [-0.25, -0.2) is 0 Å². The van der Waals surface area contributed by atoms with Crippen LogP contribution in [0.15, 0.2) is 30.3 Å². The van der Waals surface area contributed by atoms with Gasteiger partial charge >= 0.3 is 0 Å². The van der Waals surface area contributed by atoms with Crippen LogP contribution in [0.25, 0.3) is 0 Å². The lowest BCUT2D eigenvalue weighted by Crippen LogP contribution is -1.56. The van der Waals surface area contributed by atoms with Gasteiger partial charge in [-0.15, -0.1) is 0 Å². The molecule has 1 aromatic rings. The Morgan fingerprint density at radius 1 is 1.17 bits per heavy atom. The molecule has 0 saturated heterocycles. The maximum atomic E-state index is 8.63. The first-order valence-electron chi connectivity index (χ1n) is 2.92. The molecular formula is C6H9O3PS2. The lowest BCUT2D eigenvalue weighted by Gasteiger charge is -1.88. The highest BCUT2D eigenvalue weighted by Gasteiger charge is 1.90. The van der Waals surface area contributed by atoms with E-state index in [2.05, 4.69) is 24.1 Å². The van der Waals surface area contributed by atoms with Gasteiger partial charge in [0.15, 0.2) is 0 Å². The van der Waals surface area contributed by atoms with E-state index in [1.54, 1.807) is 24.3 Å². The van der Waals surface area contributed by atoms with Crippen molar-refractivity contribution >= 4 is 29.7 Å². The van der Waals surface area contributed by atoms with Crippen molar-refractivity contribution < 1.29 is 14.9 Å². The first-order chi connectivity index (χ1) is 5.39. The van der Waals surface area contributed by atoms with E-state index in [-0.39, 0.29) is 0 Å². The van der Waals surface area contributed by atoms with Crippen LogP contribution in [0.4, 0.5) is 0 Å². The molecule has 0 aliphatic rings. The molecule has 0 heterocycles. The Morgan fingerprint density at radius 2 is 1.50 bits per heavy atom. The number of rotatable bonds is 0. The van der Waals surface area contributed by atoms with Gasteiger partial charge in [-0.1, -0.05) is 30.4 Å². The molecule has 1 aromatic carbocycles. The quantitative estimate of drug-likeness (QED) is 0.398. The predicted octanol–water partition coefficient (Wildman–Crippen LogP) is 1.52. The first-order valence-corrected chi connectivity index (χ1v) is 6.78. The molecule has 0 radical (unpaired) electrons. The molecule has 6 heteroatoms. The summed E-state index contributed by atoms with van der Waals surface area (Å²) >= 11 is 7.07. The minimum atomic E-state index is -3.11. The third-order valence-corrected chi connectivity index (χ3v) is 0.756. The minimum Gasteiger partial charge on any atom is -0.508 e. The Hall–Kier alpha value is -0.0600. The number of aromatic hydroxyl groups is 1. The summed E-state index contributed by atoms with van der Waals surface area (Å²) in [5.41, 5.74) is -3.11. The zero-order chi connectivity index (χ0) is 9.61. The highest BCUT2D eigenvalue weighted by Crippen LogP contribution is 2.39. The summed E-state index contributed by atoms with van der Waals surface area (Å²) in [6, 6.07) is 8.71. The number of para-hydroxylation sites is 1. The Kier molecular flexibility index (Phi) is 5.53. The summed E-state index contributed by atoms with van der Waals surface area (Å²) in [5, 5.41) is 8.63. The molecule has 68 valence electrons. The van der Waals surface area contributed by atoms with Crippen LogP contribution in [-0.2, 0) is 11.8 Å². The molecule has 0 aliphatic heterocycles. The fourth-order valence-electron chi connectivity index (χ4n) is 0.428. The largest absolute Gasteiger partial charge is 0.508 e. The Balaban J connectivity index is 0.000000217. The van der Waals surface area contributed by atoms with Crippen LogP contribution in [0.2, 0.25) is 0 Å². The monoisotopic (exact) mass is 224 g/mol. The lowest BCUT2D eigenvalue weighted by molar-refractivity contribution is 0.475. The maximum Gasteiger partial charge on any atom is 0.239 e. The van der Waals surface area contributed by atoms with Gasteiger partial charge in [0.05, 0.1) is 0 Å². The zero-order valence-corrected chi connectivity index (χ0v) is 8.64. The van der Waals surface area contributed by atoms with Crippen molar-refractivity contribution in [1.82, 2.24) is 0 Å². The number of benzene rings is 1. The molecule has 0 unspecified atom stereocenters. The molecule has 1 rings (SSSR count). The van der Waals surface area contributed by atoms with Gasteiger partial charge in [-0.05, 0) is 23.9 Å². The summed E-state index contributed by atoms with van der Waals surface area (Å²) in [5.74, 6) is 0.322. The fraction of sp³-hybridized carbons (Fsp3) is 0. The molecule has 0 aromatic heterocycles. The van der Waals surface area contributed by atoms with Crippen LogP contribution in [0.5, 0.6) is 5.75 Å². The van der Waals surface area contributed by atoms with E-state index < -0.39 is 5.69 Å². The number of phenols is 1. The van der Waals surface area contributed by atoms with Crippen LogP contribution in [0.3, 0.4) is 0 Å². The van der Waals surface area contributed by atoms with Gasteiger partial charge in [0.1, 0.15) is 5.75 Å². The number of hydrogen-bond donors (Lipinski definition) is 4. The van der Waals surface area contributed by atoms with Crippen molar-refractivity contribution in [3.8, 4) is 5.75 Å². The maximum absolute atomic E-state index is 8.63. The van der Waals surface area contributed by atoms with E-state index in [1.807, 2.05) is 6.07 Å². The van der Waals surface area contributed by atoms with Crippen molar-refractivity contribution in [1.29, 1.82) is 0 Å². The molecule has 0 amide bonds. The second kappa shape index (κ2) is 5.56. The molecule has 0 atom stereocenters. The van der Waals surface area contributed by atoms with E-state index >= 15 is 0 Å². The molecule has 3 N–H and O–H groups in total. The summed E-state index contributed by atoms with van der Waals surface area (Å²) in [6.45, 7) is 0.